The number of imidazole rings is 1. The maximum atomic E-state index is 10.4. The summed E-state index contributed by atoms with van der Waals surface area (Å²) in [4.78, 5) is 5.07. The lowest BCUT2D eigenvalue weighted by Crippen LogP contribution is -2.38. The van der Waals surface area contributed by atoms with E-state index >= 15 is 0 Å². The van der Waals surface area contributed by atoms with Gasteiger partial charge in [0.1, 0.15) is 23.7 Å². The third kappa shape index (κ3) is 4.96. The zero-order chi connectivity index (χ0) is 29.8. The molecule has 7 aromatic rings. The van der Waals surface area contributed by atoms with Crippen LogP contribution in [-0.2, 0) is 18.8 Å². The molecule has 0 bridgehead atoms. The lowest BCUT2D eigenvalue weighted by Gasteiger charge is -2.38. The summed E-state index contributed by atoms with van der Waals surface area (Å²) in [6.07, 6.45) is 2.00. The molecule has 0 saturated carbocycles. The van der Waals surface area contributed by atoms with E-state index in [1.165, 1.54) is 0 Å². The highest BCUT2D eigenvalue weighted by Gasteiger charge is 2.40. The Morgan fingerprint density at radius 3 is 1.75 bits per heavy atom. The van der Waals surface area contributed by atoms with E-state index in [9.17, 15) is 5.11 Å². The standard InChI is InChI=1S/C40H32N2O2/c43-28-35-27-42(40(32-17-7-2-8-18-32,33-19-9-3-10-20-33)34-21-11-4-12-22-34)39(41-35)38-23-13-16-31-26-36(24-25-37(31)38)44-29-30-14-5-1-6-15-30/h1-27,43H,28-29H2. The normalized spacial score (nSPS) is 11.5. The van der Waals surface area contributed by atoms with Gasteiger partial charge in [-0.15, -0.1) is 0 Å². The van der Waals surface area contributed by atoms with Crippen molar-refractivity contribution >= 4 is 10.8 Å². The Hall–Kier alpha value is -5.45. The molecular formula is C40H32N2O2. The van der Waals surface area contributed by atoms with Crippen LogP contribution in [-0.4, -0.2) is 14.7 Å². The number of hydrogen-bond donors (Lipinski definition) is 1. The molecule has 44 heavy (non-hydrogen) atoms. The number of aliphatic hydroxyl groups is 1. The van der Waals surface area contributed by atoms with E-state index in [4.69, 9.17) is 9.72 Å². The van der Waals surface area contributed by atoms with Crippen molar-refractivity contribution < 1.29 is 9.84 Å². The summed E-state index contributed by atoms with van der Waals surface area (Å²) < 4.78 is 8.41. The van der Waals surface area contributed by atoms with Crippen LogP contribution in [0.4, 0.5) is 0 Å². The zero-order valence-electron chi connectivity index (χ0n) is 24.3. The molecule has 7 rings (SSSR count). The molecule has 0 spiro atoms. The molecule has 0 saturated heterocycles. The molecule has 4 heteroatoms. The fourth-order valence-corrected chi connectivity index (χ4v) is 6.19. The second-order valence-corrected chi connectivity index (χ2v) is 10.9. The van der Waals surface area contributed by atoms with Gasteiger partial charge in [-0.1, -0.05) is 140 Å². The highest BCUT2D eigenvalue weighted by molar-refractivity contribution is 5.96. The van der Waals surface area contributed by atoms with E-state index in [-0.39, 0.29) is 6.61 Å². The van der Waals surface area contributed by atoms with Crippen LogP contribution in [0.1, 0.15) is 27.9 Å². The molecule has 1 aromatic heterocycles. The Kier molecular flexibility index (Phi) is 7.49. The van der Waals surface area contributed by atoms with Gasteiger partial charge in [0.15, 0.2) is 0 Å². The predicted molar refractivity (Wildman–Crippen MR) is 176 cm³/mol. The maximum absolute atomic E-state index is 10.4. The zero-order valence-corrected chi connectivity index (χ0v) is 24.3. The molecule has 0 atom stereocenters. The Morgan fingerprint density at radius 2 is 1.18 bits per heavy atom. The summed E-state index contributed by atoms with van der Waals surface area (Å²) in [5.74, 6) is 1.58. The lowest BCUT2D eigenvalue weighted by atomic mass is 9.76. The smallest absolute Gasteiger partial charge is 0.142 e. The number of fused-ring (bicyclic) bond motifs is 1. The Balaban J connectivity index is 1.45. The van der Waals surface area contributed by atoms with Crippen molar-refractivity contribution in [1.82, 2.24) is 9.55 Å². The molecule has 0 aliphatic carbocycles. The number of hydrogen-bond acceptors (Lipinski definition) is 3. The molecule has 0 aliphatic heterocycles. The molecule has 214 valence electrons. The van der Waals surface area contributed by atoms with Gasteiger partial charge in [0.05, 0.1) is 12.3 Å². The van der Waals surface area contributed by atoms with Crippen LogP contribution in [0.3, 0.4) is 0 Å². The van der Waals surface area contributed by atoms with Crippen LogP contribution < -0.4 is 4.74 Å². The Labute approximate surface area is 257 Å². The molecule has 0 unspecified atom stereocenters. The minimum atomic E-state index is -0.763. The third-order valence-corrected chi connectivity index (χ3v) is 8.19. The van der Waals surface area contributed by atoms with Gasteiger partial charge in [0.25, 0.3) is 0 Å². The first-order valence-corrected chi connectivity index (χ1v) is 14.8. The summed E-state index contributed by atoms with van der Waals surface area (Å²) >= 11 is 0. The minimum absolute atomic E-state index is 0.170. The van der Waals surface area contributed by atoms with Gasteiger partial charge in [0.2, 0.25) is 0 Å². The molecule has 1 N–H and O–H groups in total. The number of rotatable bonds is 9. The van der Waals surface area contributed by atoms with Crippen LogP contribution in [0.5, 0.6) is 5.75 Å². The molecule has 1 heterocycles. The lowest BCUT2D eigenvalue weighted by molar-refractivity contribution is 0.277. The van der Waals surface area contributed by atoms with Gasteiger partial charge in [-0.25, -0.2) is 4.98 Å². The summed E-state index contributed by atoms with van der Waals surface area (Å²) in [5, 5.41) is 12.5. The van der Waals surface area contributed by atoms with Gasteiger partial charge < -0.3 is 14.4 Å². The third-order valence-electron chi connectivity index (χ3n) is 8.19. The number of aromatic nitrogens is 2. The highest BCUT2D eigenvalue weighted by atomic mass is 16.5. The number of nitrogens with zero attached hydrogens (tertiary/aromatic N) is 2. The van der Waals surface area contributed by atoms with Crippen LogP contribution in [0.2, 0.25) is 0 Å². The number of ether oxygens (including phenoxy) is 1. The van der Waals surface area contributed by atoms with E-state index in [0.717, 1.165) is 50.2 Å². The van der Waals surface area contributed by atoms with Gasteiger partial charge in [0, 0.05) is 11.8 Å². The molecule has 0 radical (unpaired) electrons. The van der Waals surface area contributed by atoms with Crippen LogP contribution >= 0.6 is 0 Å². The van der Waals surface area contributed by atoms with Gasteiger partial charge in [-0.05, 0) is 51.2 Å². The molecule has 6 aromatic carbocycles. The second kappa shape index (κ2) is 12.0. The first-order valence-electron chi connectivity index (χ1n) is 14.8. The van der Waals surface area contributed by atoms with Crippen molar-refractivity contribution in [2.45, 2.75) is 18.8 Å². The summed E-state index contributed by atoms with van der Waals surface area (Å²) in [6, 6.07) is 54.3. The number of aliphatic hydroxyl groups excluding tert-OH is 1. The van der Waals surface area contributed by atoms with Crippen molar-refractivity contribution in [1.29, 1.82) is 0 Å². The summed E-state index contributed by atoms with van der Waals surface area (Å²) in [5.41, 5.74) is 5.22. The minimum Gasteiger partial charge on any atom is -0.489 e. The molecule has 0 aliphatic rings. The molecular weight excluding hydrogens is 540 g/mol. The number of benzene rings is 6. The van der Waals surface area contributed by atoms with Crippen molar-refractivity contribution in [3.05, 3.63) is 192 Å². The van der Waals surface area contributed by atoms with Crippen LogP contribution in [0.15, 0.2) is 164 Å². The molecule has 0 amide bonds. The van der Waals surface area contributed by atoms with Crippen molar-refractivity contribution in [2.75, 3.05) is 0 Å². The quantitative estimate of drug-likeness (QED) is 0.176. The first-order chi connectivity index (χ1) is 21.8. The maximum Gasteiger partial charge on any atom is 0.142 e. The van der Waals surface area contributed by atoms with Crippen molar-refractivity contribution in [2.24, 2.45) is 0 Å². The van der Waals surface area contributed by atoms with Gasteiger partial charge in [-0.3, -0.25) is 0 Å². The predicted octanol–water partition coefficient (Wildman–Crippen LogP) is 8.61. The second-order valence-electron chi connectivity index (χ2n) is 10.9. The van der Waals surface area contributed by atoms with Crippen LogP contribution in [0.25, 0.3) is 22.2 Å². The first kappa shape index (κ1) is 27.4. The van der Waals surface area contributed by atoms with E-state index in [0.29, 0.717) is 12.3 Å². The SMILES string of the molecule is OCc1cn(C(c2ccccc2)(c2ccccc2)c2ccccc2)c(-c2cccc3cc(OCc4ccccc4)ccc23)n1. The molecule has 0 fully saturated rings. The fraction of sp³-hybridized carbons (Fsp3) is 0.0750. The highest BCUT2D eigenvalue weighted by Crippen LogP contribution is 2.44. The van der Waals surface area contributed by atoms with E-state index in [2.05, 4.69) is 120 Å². The van der Waals surface area contributed by atoms with Crippen molar-refractivity contribution in [3.63, 3.8) is 0 Å². The topological polar surface area (TPSA) is 47.3 Å². The average molecular weight is 573 g/mol. The average Bonchev–Trinajstić information content (AvgIpc) is 3.54. The Morgan fingerprint density at radius 1 is 0.614 bits per heavy atom. The molecule has 4 nitrogen and oxygen atoms in total. The van der Waals surface area contributed by atoms with E-state index in [1.807, 2.05) is 48.7 Å². The monoisotopic (exact) mass is 572 g/mol. The fourth-order valence-electron chi connectivity index (χ4n) is 6.19. The van der Waals surface area contributed by atoms with E-state index < -0.39 is 5.54 Å². The van der Waals surface area contributed by atoms with E-state index in [1.54, 1.807) is 0 Å². The van der Waals surface area contributed by atoms with Crippen LogP contribution in [0, 0.1) is 0 Å². The van der Waals surface area contributed by atoms with Gasteiger partial charge >= 0.3 is 0 Å². The Bertz CT molecular complexity index is 1890. The summed E-state index contributed by atoms with van der Waals surface area (Å²) in [6.45, 7) is 0.334. The van der Waals surface area contributed by atoms with Crippen molar-refractivity contribution in [3.8, 4) is 17.1 Å². The van der Waals surface area contributed by atoms with Gasteiger partial charge in [-0.2, -0.15) is 0 Å². The largest absolute Gasteiger partial charge is 0.489 e. The summed E-state index contributed by atoms with van der Waals surface area (Å²) in [7, 11) is 0.